The molecule has 0 saturated heterocycles. The van der Waals surface area contributed by atoms with Gasteiger partial charge in [0.1, 0.15) is 5.82 Å². The fourth-order valence-corrected chi connectivity index (χ4v) is 1.67. The highest BCUT2D eigenvalue weighted by Crippen LogP contribution is 2.17. The fourth-order valence-electron chi connectivity index (χ4n) is 1.67. The van der Waals surface area contributed by atoms with E-state index in [4.69, 9.17) is 6.42 Å². The van der Waals surface area contributed by atoms with E-state index in [-0.39, 0.29) is 17.9 Å². The van der Waals surface area contributed by atoms with Gasteiger partial charge >= 0.3 is 0 Å². The Kier molecular flexibility index (Phi) is 5.01. The van der Waals surface area contributed by atoms with Crippen LogP contribution in [-0.2, 0) is 0 Å². The van der Waals surface area contributed by atoms with Gasteiger partial charge in [0.2, 0.25) is 0 Å². The van der Waals surface area contributed by atoms with Gasteiger partial charge in [-0.05, 0) is 30.5 Å². The lowest BCUT2D eigenvalue weighted by Gasteiger charge is -2.21. The quantitative estimate of drug-likeness (QED) is 0.749. The van der Waals surface area contributed by atoms with E-state index in [0.29, 0.717) is 0 Å². The summed E-state index contributed by atoms with van der Waals surface area (Å²) >= 11 is 0. The van der Waals surface area contributed by atoms with Gasteiger partial charge in [-0.2, -0.15) is 0 Å². The fraction of sp³-hybridized carbons (Fsp3) is 0.429. The number of terminal acetylenes is 1. The zero-order valence-electron chi connectivity index (χ0n) is 9.83. The van der Waals surface area contributed by atoms with Gasteiger partial charge in [0.25, 0.3) is 0 Å². The average molecular weight is 219 g/mol. The van der Waals surface area contributed by atoms with E-state index < -0.39 is 0 Å². The molecule has 0 amide bonds. The van der Waals surface area contributed by atoms with Crippen LogP contribution in [0.2, 0.25) is 0 Å². The predicted molar refractivity (Wildman–Crippen MR) is 65.5 cm³/mol. The summed E-state index contributed by atoms with van der Waals surface area (Å²) < 4.78 is 12.8. The second-order valence-electron chi connectivity index (χ2n) is 3.81. The molecule has 0 aromatic heterocycles. The molecular formula is C14H18FN. The van der Waals surface area contributed by atoms with Gasteiger partial charge in [0, 0.05) is 6.04 Å². The van der Waals surface area contributed by atoms with Crippen LogP contribution in [-0.4, -0.2) is 6.04 Å². The summed E-state index contributed by atoms with van der Waals surface area (Å²) in [7, 11) is 0. The van der Waals surface area contributed by atoms with Crippen LogP contribution in [0.25, 0.3) is 0 Å². The van der Waals surface area contributed by atoms with Crippen LogP contribution in [0.5, 0.6) is 0 Å². The molecule has 0 aliphatic rings. The summed E-state index contributed by atoms with van der Waals surface area (Å²) in [6.45, 7) is 4.14. The van der Waals surface area contributed by atoms with E-state index >= 15 is 0 Å². The Morgan fingerprint density at radius 2 is 1.88 bits per heavy atom. The smallest absolute Gasteiger partial charge is 0.123 e. The van der Waals surface area contributed by atoms with Gasteiger partial charge in [-0.25, -0.2) is 4.39 Å². The minimum atomic E-state index is -0.206. The van der Waals surface area contributed by atoms with Gasteiger partial charge in [0.05, 0.1) is 6.04 Å². The number of halogens is 1. The van der Waals surface area contributed by atoms with Crippen molar-refractivity contribution in [1.29, 1.82) is 0 Å². The Morgan fingerprint density at radius 1 is 1.25 bits per heavy atom. The van der Waals surface area contributed by atoms with Crippen molar-refractivity contribution in [3.63, 3.8) is 0 Å². The van der Waals surface area contributed by atoms with Crippen LogP contribution in [0.15, 0.2) is 24.3 Å². The monoisotopic (exact) mass is 219 g/mol. The van der Waals surface area contributed by atoms with Crippen molar-refractivity contribution >= 4 is 0 Å². The van der Waals surface area contributed by atoms with Gasteiger partial charge < -0.3 is 0 Å². The highest BCUT2D eigenvalue weighted by atomic mass is 19.1. The van der Waals surface area contributed by atoms with Crippen LogP contribution in [0.1, 0.15) is 38.3 Å². The molecule has 0 bridgehead atoms. The Balaban J connectivity index is 2.75. The predicted octanol–water partition coefficient (Wildman–Crippen LogP) is 3.28. The zero-order chi connectivity index (χ0) is 12.0. The molecule has 2 atom stereocenters. The highest BCUT2D eigenvalue weighted by molar-refractivity contribution is 5.20. The number of hydrogen-bond donors (Lipinski definition) is 1. The molecule has 1 aromatic carbocycles. The number of benzene rings is 1. The molecule has 1 nitrogen and oxygen atoms in total. The van der Waals surface area contributed by atoms with Gasteiger partial charge in [-0.3, -0.25) is 5.32 Å². The van der Waals surface area contributed by atoms with Crippen molar-refractivity contribution in [2.75, 3.05) is 0 Å². The SMILES string of the molecule is C#CC(CC)NC(CC)c1ccc(F)cc1. The molecule has 0 radical (unpaired) electrons. The summed E-state index contributed by atoms with van der Waals surface area (Å²) in [6.07, 6.45) is 7.25. The molecule has 2 unspecified atom stereocenters. The first kappa shape index (κ1) is 12.7. The van der Waals surface area contributed by atoms with Crippen LogP contribution in [0.4, 0.5) is 4.39 Å². The third-order valence-corrected chi connectivity index (χ3v) is 2.69. The van der Waals surface area contributed by atoms with E-state index in [9.17, 15) is 4.39 Å². The summed E-state index contributed by atoms with van der Waals surface area (Å²) in [6, 6.07) is 6.85. The molecule has 1 aromatic rings. The second kappa shape index (κ2) is 6.30. The van der Waals surface area contributed by atoms with E-state index in [2.05, 4.69) is 25.1 Å². The molecule has 86 valence electrons. The molecule has 2 heteroatoms. The first-order valence-corrected chi connectivity index (χ1v) is 5.68. The first-order valence-electron chi connectivity index (χ1n) is 5.68. The second-order valence-corrected chi connectivity index (χ2v) is 3.81. The summed E-state index contributed by atoms with van der Waals surface area (Å²) in [5, 5.41) is 3.38. The van der Waals surface area contributed by atoms with Gasteiger partial charge in [0.15, 0.2) is 0 Å². The normalized spacial score (nSPS) is 14.1. The van der Waals surface area contributed by atoms with Crippen LogP contribution in [0, 0.1) is 18.2 Å². The minimum absolute atomic E-state index is 0.0787. The molecule has 1 rings (SSSR count). The Labute approximate surface area is 97.1 Å². The standard InChI is InChI=1S/C14H18FN/c1-4-13(5-2)16-14(6-3)11-7-9-12(15)10-8-11/h1,7-10,13-14,16H,5-6H2,2-3H3. The molecule has 0 heterocycles. The summed E-state index contributed by atoms with van der Waals surface area (Å²) in [5.74, 6) is 2.51. The molecule has 0 fully saturated rings. The Hall–Kier alpha value is -1.33. The first-order chi connectivity index (χ1) is 7.71. The van der Waals surface area contributed by atoms with E-state index in [1.807, 2.05) is 0 Å². The average Bonchev–Trinajstić information content (AvgIpc) is 2.32. The minimum Gasteiger partial charge on any atom is -0.297 e. The third kappa shape index (κ3) is 3.36. The third-order valence-electron chi connectivity index (χ3n) is 2.69. The van der Waals surface area contributed by atoms with E-state index in [1.165, 1.54) is 12.1 Å². The van der Waals surface area contributed by atoms with Gasteiger partial charge in [-0.15, -0.1) is 6.42 Å². The molecule has 0 aliphatic heterocycles. The topological polar surface area (TPSA) is 12.0 Å². The molecule has 0 saturated carbocycles. The summed E-state index contributed by atoms with van der Waals surface area (Å²) in [5.41, 5.74) is 1.08. The largest absolute Gasteiger partial charge is 0.297 e. The van der Waals surface area contributed by atoms with Gasteiger partial charge in [-0.1, -0.05) is 31.9 Å². The lowest BCUT2D eigenvalue weighted by molar-refractivity contribution is 0.471. The van der Waals surface area contributed by atoms with Crippen LogP contribution in [0.3, 0.4) is 0 Å². The lowest BCUT2D eigenvalue weighted by Crippen LogP contribution is -2.30. The van der Waals surface area contributed by atoms with Crippen molar-refractivity contribution in [3.05, 3.63) is 35.6 Å². The molecular weight excluding hydrogens is 201 g/mol. The molecule has 0 aliphatic carbocycles. The molecule has 1 N–H and O–H groups in total. The summed E-state index contributed by atoms with van der Waals surface area (Å²) in [4.78, 5) is 0. The van der Waals surface area contributed by atoms with Crippen molar-refractivity contribution in [3.8, 4) is 12.3 Å². The van der Waals surface area contributed by atoms with Crippen LogP contribution < -0.4 is 5.32 Å². The van der Waals surface area contributed by atoms with E-state index in [1.54, 1.807) is 12.1 Å². The van der Waals surface area contributed by atoms with Crippen LogP contribution >= 0.6 is 0 Å². The maximum atomic E-state index is 12.8. The number of nitrogens with one attached hydrogen (secondary N) is 1. The van der Waals surface area contributed by atoms with E-state index in [0.717, 1.165) is 18.4 Å². The highest BCUT2D eigenvalue weighted by Gasteiger charge is 2.12. The maximum absolute atomic E-state index is 12.8. The maximum Gasteiger partial charge on any atom is 0.123 e. The number of hydrogen-bond acceptors (Lipinski definition) is 1. The molecule has 0 spiro atoms. The van der Waals surface area contributed by atoms with Crippen molar-refractivity contribution < 1.29 is 4.39 Å². The number of rotatable bonds is 5. The van der Waals surface area contributed by atoms with Crippen molar-refractivity contribution in [2.45, 2.75) is 38.8 Å². The lowest BCUT2D eigenvalue weighted by atomic mass is 10.0. The zero-order valence-corrected chi connectivity index (χ0v) is 9.83. The van der Waals surface area contributed by atoms with Crippen molar-refractivity contribution in [2.24, 2.45) is 0 Å². The Bertz CT molecular complexity index is 350. The molecule has 16 heavy (non-hydrogen) atoms. The van der Waals surface area contributed by atoms with Crippen molar-refractivity contribution in [1.82, 2.24) is 5.32 Å². The Morgan fingerprint density at radius 3 is 2.31 bits per heavy atom.